The highest BCUT2D eigenvalue weighted by molar-refractivity contribution is 6.03. The first kappa shape index (κ1) is 19.9. The van der Waals surface area contributed by atoms with Crippen LogP contribution >= 0.6 is 0 Å². The molecule has 0 bridgehead atoms. The fourth-order valence-corrected chi connectivity index (χ4v) is 3.08. The third kappa shape index (κ3) is 4.68. The number of aromatic nitrogens is 2. The number of benzene rings is 1. The van der Waals surface area contributed by atoms with Gasteiger partial charge in [-0.2, -0.15) is 0 Å². The second kappa shape index (κ2) is 8.86. The molecule has 1 aromatic carbocycles. The summed E-state index contributed by atoms with van der Waals surface area (Å²) in [5.74, 6) is -2.51. The van der Waals surface area contributed by atoms with Crippen molar-refractivity contribution in [3.05, 3.63) is 52.9 Å². The van der Waals surface area contributed by atoms with E-state index in [1.54, 1.807) is 11.1 Å². The molecule has 8 heteroatoms. The quantitative estimate of drug-likeness (QED) is 0.769. The minimum atomic E-state index is -1.09. The molecule has 2 heterocycles. The summed E-state index contributed by atoms with van der Waals surface area (Å²) in [6.07, 6.45) is 5.72. The maximum absolute atomic E-state index is 13.3. The van der Waals surface area contributed by atoms with Gasteiger partial charge in [-0.3, -0.25) is 14.9 Å². The van der Waals surface area contributed by atoms with Crippen molar-refractivity contribution >= 4 is 17.8 Å². The number of anilines is 1. The summed E-state index contributed by atoms with van der Waals surface area (Å²) in [7, 11) is 0. The van der Waals surface area contributed by atoms with Crippen LogP contribution < -0.4 is 5.32 Å². The van der Waals surface area contributed by atoms with Gasteiger partial charge in [0, 0.05) is 43.3 Å². The van der Waals surface area contributed by atoms with E-state index >= 15 is 0 Å². The number of fused-ring (bicyclic) bond motifs is 1. The summed E-state index contributed by atoms with van der Waals surface area (Å²) in [6.45, 7) is 3.13. The first-order chi connectivity index (χ1) is 13.5. The van der Waals surface area contributed by atoms with Crippen LogP contribution in [-0.2, 0) is 17.8 Å². The molecule has 1 N–H and O–H groups in total. The number of carbonyl (C=O) groups is 2. The molecule has 148 valence electrons. The minimum Gasteiger partial charge on any atom is -0.338 e. The normalized spacial score (nSPS) is 13.2. The highest BCUT2D eigenvalue weighted by Gasteiger charge is 2.22. The minimum absolute atomic E-state index is 0.0240. The molecule has 6 nitrogen and oxygen atoms in total. The Morgan fingerprint density at radius 1 is 1.21 bits per heavy atom. The third-order valence-electron chi connectivity index (χ3n) is 4.69. The summed E-state index contributed by atoms with van der Waals surface area (Å²) in [4.78, 5) is 34.7. The fourth-order valence-electron chi connectivity index (χ4n) is 3.08. The van der Waals surface area contributed by atoms with Gasteiger partial charge in [-0.1, -0.05) is 19.8 Å². The lowest BCUT2D eigenvalue weighted by Gasteiger charge is -2.28. The molecule has 28 heavy (non-hydrogen) atoms. The fraction of sp³-hybridized carbons (Fsp3) is 0.400. The van der Waals surface area contributed by atoms with Crippen molar-refractivity contribution in [3.8, 4) is 0 Å². The van der Waals surface area contributed by atoms with E-state index in [4.69, 9.17) is 0 Å². The first-order valence-electron chi connectivity index (χ1n) is 9.37. The van der Waals surface area contributed by atoms with Crippen LogP contribution in [0.3, 0.4) is 0 Å². The molecule has 1 aromatic heterocycles. The first-order valence-corrected chi connectivity index (χ1v) is 9.37. The average Bonchev–Trinajstić information content (AvgIpc) is 2.69. The maximum atomic E-state index is 13.3. The monoisotopic (exact) mass is 388 g/mol. The Bertz CT molecular complexity index is 889. The number of halogens is 2. The topological polar surface area (TPSA) is 75.2 Å². The molecule has 0 radical (unpaired) electrons. The van der Waals surface area contributed by atoms with Crippen LogP contribution in [0.15, 0.2) is 24.4 Å². The Labute approximate surface area is 162 Å². The Hall–Kier alpha value is -2.90. The second-order valence-corrected chi connectivity index (χ2v) is 6.77. The van der Waals surface area contributed by atoms with Crippen molar-refractivity contribution in [1.82, 2.24) is 14.9 Å². The Morgan fingerprint density at radius 2 is 2.04 bits per heavy atom. The Morgan fingerprint density at radius 3 is 2.79 bits per heavy atom. The number of nitrogens with one attached hydrogen (secondary N) is 1. The number of unbranched alkanes of at least 4 members (excludes halogenated alkanes) is 2. The van der Waals surface area contributed by atoms with Gasteiger partial charge in [-0.25, -0.2) is 18.7 Å². The third-order valence-corrected chi connectivity index (χ3v) is 4.69. The zero-order chi connectivity index (χ0) is 20.1. The van der Waals surface area contributed by atoms with E-state index in [0.29, 0.717) is 25.9 Å². The van der Waals surface area contributed by atoms with E-state index in [0.717, 1.165) is 42.7 Å². The summed E-state index contributed by atoms with van der Waals surface area (Å²) in [6, 6.07) is 2.91. The van der Waals surface area contributed by atoms with Crippen molar-refractivity contribution < 1.29 is 18.4 Å². The standard InChI is InChI=1S/C20H22F2N4O2/c1-2-3-4-5-18(27)26-9-8-17-14(12-26)11-23-20(24-17)25-19(28)13-6-7-15(21)16(22)10-13/h6-7,10-11H,2-5,8-9,12H2,1H3,(H,23,24,25,28). The van der Waals surface area contributed by atoms with Crippen LogP contribution in [0.25, 0.3) is 0 Å². The molecule has 0 unspecified atom stereocenters. The molecule has 1 aliphatic heterocycles. The van der Waals surface area contributed by atoms with Gasteiger partial charge in [-0.15, -0.1) is 0 Å². The molecule has 3 rings (SSSR count). The van der Waals surface area contributed by atoms with Crippen LogP contribution in [0.2, 0.25) is 0 Å². The van der Waals surface area contributed by atoms with E-state index in [9.17, 15) is 18.4 Å². The van der Waals surface area contributed by atoms with Gasteiger partial charge < -0.3 is 4.90 Å². The average molecular weight is 388 g/mol. The van der Waals surface area contributed by atoms with Crippen LogP contribution in [0.5, 0.6) is 0 Å². The molecule has 0 saturated heterocycles. The number of hydrogen-bond acceptors (Lipinski definition) is 4. The van der Waals surface area contributed by atoms with Gasteiger partial charge in [-0.05, 0) is 24.6 Å². The Balaban J connectivity index is 1.64. The highest BCUT2D eigenvalue weighted by atomic mass is 19.2. The van der Waals surface area contributed by atoms with E-state index in [1.807, 2.05) is 0 Å². The van der Waals surface area contributed by atoms with Crippen molar-refractivity contribution in [3.63, 3.8) is 0 Å². The van der Waals surface area contributed by atoms with E-state index in [-0.39, 0.29) is 17.4 Å². The smallest absolute Gasteiger partial charge is 0.258 e. The summed E-state index contributed by atoms with van der Waals surface area (Å²) >= 11 is 0. The van der Waals surface area contributed by atoms with E-state index in [2.05, 4.69) is 22.2 Å². The SMILES string of the molecule is CCCCCC(=O)N1CCc2nc(NC(=O)c3ccc(F)c(F)c3)ncc2C1. The van der Waals surface area contributed by atoms with Gasteiger partial charge in [0.2, 0.25) is 11.9 Å². The summed E-state index contributed by atoms with van der Waals surface area (Å²) < 4.78 is 26.3. The largest absolute Gasteiger partial charge is 0.338 e. The second-order valence-electron chi connectivity index (χ2n) is 6.77. The van der Waals surface area contributed by atoms with Crippen molar-refractivity contribution in [2.45, 2.75) is 45.6 Å². The molecule has 0 aliphatic carbocycles. The van der Waals surface area contributed by atoms with E-state index < -0.39 is 17.5 Å². The summed E-state index contributed by atoms with van der Waals surface area (Å²) in [5.41, 5.74) is 1.60. The molecule has 2 amide bonds. The Kier molecular flexibility index (Phi) is 6.28. The van der Waals surface area contributed by atoms with Crippen LogP contribution in [-0.4, -0.2) is 33.2 Å². The van der Waals surface area contributed by atoms with Crippen molar-refractivity contribution in [2.24, 2.45) is 0 Å². The number of amides is 2. The van der Waals surface area contributed by atoms with Gasteiger partial charge in [0.15, 0.2) is 11.6 Å². The number of hydrogen-bond donors (Lipinski definition) is 1. The number of rotatable bonds is 6. The molecule has 2 aromatic rings. The van der Waals surface area contributed by atoms with Crippen molar-refractivity contribution in [1.29, 1.82) is 0 Å². The molecule has 0 fully saturated rings. The van der Waals surface area contributed by atoms with Gasteiger partial charge in [0.05, 0.1) is 5.69 Å². The zero-order valence-corrected chi connectivity index (χ0v) is 15.7. The van der Waals surface area contributed by atoms with Gasteiger partial charge >= 0.3 is 0 Å². The predicted molar refractivity (Wildman–Crippen MR) is 99.6 cm³/mol. The molecular formula is C20H22F2N4O2. The molecule has 0 spiro atoms. The molecular weight excluding hydrogens is 366 g/mol. The molecule has 0 atom stereocenters. The lowest BCUT2D eigenvalue weighted by molar-refractivity contribution is -0.132. The van der Waals surface area contributed by atoms with Crippen LogP contribution in [0, 0.1) is 11.6 Å². The van der Waals surface area contributed by atoms with Crippen LogP contribution in [0.4, 0.5) is 14.7 Å². The van der Waals surface area contributed by atoms with Crippen molar-refractivity contribution in [2.75, 3.05) is 11.9 Å². The molecule has 0 saturated carbocycles. The predicted octanol–water partition coefficient (Wildman–Crippen LogP) is 3.47. The highest BCUT2D eigenvalue weighted by Crippen LogP contribution is 2.19. The molecule has 1 aliphatic rings. The lowest BCUT2D eigenvalue weighted by atomic mass is 10.1. The van der Waals surface area contributed by atoms with Gasteiger partial charge in [0.25, 0.3) is 5.91 Å². The van der Waals surface area contributed by atoms with Gasteiger partial charge in [0.1, 0.15) is 0 Å². The van der Waals surface area contributed by atoms with E-state index in [1.165, 1.54) is 6.07 Å². The zero-order valence-electron chi connectivity index (χ0n) is 15.7. The maximum Gasteiger partial charge on any atom is 0.258 e. The lowest BCUT2D eigenvalue weighted by Crippen LogP contribution is -2.36. The summed E-state index contributed by atoms with van der Waals surface area (Å²) in [5, 5.41) is 2.49. The number of nitrogens with zero attached hydrogens (tertiary/aromatic N) is 3. The number of carbonyl (C=O) groups excluding carboxylic acids is 2. The van der Waals surface area contributed by atoms with Crippen LogP contribution in [0.1, 0.15) is 54.2 Å².